The number of benzene rings is 4. The summed E-state index contributed by atoms with van der Waals surface area (Å²) in [6.07, 6.45) is -26.6. The third kappa shape index (κ3) is 40.0. The molecular formula is C105H153Cl6FN2O31. The summed E-state index contributed by atoms with van der Waals surface area (Å²) in [4.78, 5) is 90.3. The third-order valence-electron chi connectivity index (χ3n) is 24.9. The van der Waals surface area contributed by atoms with Gasteiger partial charge in [0.15, 0.2) is 49.6 Å². The molecule has 0 bridgehead atoms. The molecular weight excluding hydrogens is 2020 g/mol. The van der Waals surface area contributed by atoms with Crippen molar-refractivity contribution in [1.29, 1.82) is 0 Å². The van der Waals surface area contributed by atoms with Crippen LogP contribution >= 0.6 is 69.6 Å². The predicted octanol–water partition coefficient (Wildman–Crippen LogP) is 18.8. The average Bonchev–Trinajstić information content (AvgIpc) is 1.69. The van der Waals surface area contributed by atoms with Gasteiger partial charge in [0.2, 0.25) is 13.9 Å². The first-order valence-corrected chi connectivity index (χ1v) is 54.0. The maximum absolute atomic E-state index is 18.2. The van der Waals surface area contributed by atoms with Gasteiger partial charge >= 0.3 is 36.1 Å². The first kappa shape index (κ1) is 123. The van der Waals surface area contributed by atoms with Gasteiger partial charge in [0.1, 0.15) is 86.3 Å². The minimum absolute atomic E-state index is 0.0702. The highest BCUT2D eigenvalue weighted by molar-refractivity contribution is 6.68. The Balaban J connectivity index is 1.26. The Morgan fingerprint density at radius 2 is 0.559 bits per heavy atom. The summed E-state index contributed by atoms with van der Waals surface area (Å²) in [5.74, 6) is -6.64. The summed E-state index contributed by atoms with van der Waals surface area (Å²) in [6, 6.07) is 29.2. The van der Waals surface area contributed by atoms with E-state index in [-0.39, 0.29) is 115 Å². The molecule has 4 aliphatic heterocycles. The lowest BCUT2D eigenvalue weighted by atomic mass is 9.94. The Hall–Kier alpha value is -5.79. The van der Waals surface area contributed by atoms with E-state index in [1.165, 1.54) is 0 Å². The number of ether oxygens (including phenoxy) is 24. The molecule has 4 aromatic rings. The SMILES string of the molecule is CCCCOCC1O[C@@H](OC2C(COCCCC)[C@@H](O[C@@H]3OC(COCCCC)[C@@H](O[C@@H]4OC(COCCCC)[C@H](OCCCC)C(OC(=O)c5ccccc5)[C@@H]4OC(=O)c4ccccc4)C(OCCCC)[C@@H]3NC(=O)OCC(Cl)(Cl)Cl)C(OCCCC)[C@@H]2[C@H](O)F)[C@@H](NC(=O)OCC(Cl)(Cl)Cl)C(OCCCC)[C@@H]1O[C@@H]1OC(COCCCC)[C@H](OCCCC)C(OC(=O)c2ccccc2)[C@@H]1OC(=O)c1ccccc1. The first-order valence-electron chi connectivity index (χ1n) is 51.7. The molecule has 1 saturated carbocycles. The lowest BCUT2D eigenvalue weighted by molar-refractivity contribution is -0.360. The minimum atomic E-state index is -2.90. The quantitative estimate of drug-likeness (QED) is 0.0160. The smallest absolute Gasteiger partial charge is 0.407 e. The van der Waals surface area contributed by atoms with E-state index in [4.69, 9.17) is 183 Å². The van der Waals surface area contributed by atoms with Gasteiger partial charge in [-0.15, -0.1) is 0 Å². The number of alkyl carbamates (subject to hydrolysis) is 2. The molecule has 0 radical (unpaired) electrons. The van der Waals surface area contributed by atoms with Crippen molar-refractivity contribution in [2.24, 2.45) is 11.8 Å². The summed E-state index contributed by atoms with van der Waals surface area (Å²) in [5, 5.41) is 18.2. The Kier molecular flexibility index (Phi) is 56.6. The largest absolute Gasteiger partial charge is 0.452 e. The van der Waals surface area contributed by atoms with Gasteiger partial charge in [0, 0.05) is 72.0 Å². The summed E-state index contributed by atoms with van der Waals surface area (Å²) >= 11 is 38.2. The summed E-state index contributed by atoms with van der Waals surface area (Å²) < 4.78 is 178. The molecule has 40 heteroatoms. The molecule has 33 nitrogen and oxygen atoms in total. The molecule has 5 fully saturated rings. The average molecular weight is 2170 g/mol. The lowest BCUT2D eigenvalue weighted by Gasteiger charge is -2.50. The van der Waals surface area contributed by atoms with Crippen molar-refractivity contribution in [2.45, 2.75) is 353 Å². The van der Waals surface area contributed by atoms with E-state index in [1.54, 1.807) is 121 Å². The lowest BCUT2D eigenvalue weighted by Crippen LogP contribution is -2.69. The molecule has 4 heterocycles. The van der Waals surface area contributed by atoms with Gasteiger partial charge < -0.3 is 129 Å². The number of carbonyl (C=O) groups excluding carboxylic acids is 6. The fourth-order valence-electron chi connectivity index (χ4n) is 17.1. The first-order chi connectivity index (χ1) is 70.2. The van der Waals surface area contributed by atoms with Crippen LogP contribution in [0.3, 0.4) is 0 Å². The number of carbonyl (C=O) groups is 6. The minimum Gasteiger partial charge on any atom is -0.452 e. The van der Waals surface area contributed by atoms with E-state index in [0.717, 1.165) is 12.8 Å². The molecule has 1 aliphatic carbocycles. The molecule has 4 saturated heterocycles. The van der Waals surface area contributed by atoms with Crippen LogP contribution in [0.1, 0.15) is 239 Å². The second-order valence-electron chi connectivity index (χ2n) is 36.4. The van der Waals surface area contributed by atoms with Crippen molar-refractivity contribution >= 4 is 106 Å². The number of hydrogen-bond acceptors (Lipinski definition) is 31. The number of hydrogen-bond donors (Lipinski definition) is 3. The van der Waals surface area contributed by atoms with Crippen molar-refractivity contribution < 1.29 is 152 Å². The number of alkyl halides is 7. The highest BCUT2D eigenvalue weighted by Crippen LogP contribution is 2.47. The van der Waals surface area contributed by atoms with Gasteiger partial charge in [0.25, 0.3) is 0 Å². The molecule has 0 spiro atoms. The fraction of sp³-hybridized carbons (Fsp3) is 0.714. The van der Waals surface area contributed by atoms with Crippen molar-refractivity contribution in [3.63, 3.8) is 0 Å². The number of nitrogens with one attached hydrogen (secondary N) is 2. The Morgan fingerprint density at radius 1 is 0.310 bits per heavy atom. The van der Waals surface area contributed by atoms with Crippen molar-refractivity contribution in [3.8, 4) is 0 Å². The molecule has 9 rings (SSSR count). The number of esters is 4. The monoisotopic (exact) mass is 2170 g/mol. The molecule has 145 heavy (non-hydrogen) atoms. The number of unbranched alkanes of at least 4 members (excludes halogenated alkanes) is 10. The number of aliphatic hydroxyl groups is 1. The van der Waals surface area contributed by atoms with E-state index < -0.39 is 223 Å². The van der Waals surface area contributed by atoms with Gasteiger partial charge in [0.05, 0.1) is 79.5 Å². The van der Waals surface area contributed by atoms with E-state index in [2.05, 4.69) is 10.6 Å². The van der Waals surface area contributed by atoms with Crippen LogP contribution in [0.5, 0.6) is 0 Å². The molecule has 5 aliphatic rings. The molecule has 3 N–H and O–H groups in total. The predicted molar refractivity (Wildman–Crippen MR) is 540 cm³/mol. The zero-order valence-corrected chi connectivity index (χ0v) is 89.6. The van der Waals surface area contributed by atoms with Crippen LogP contribution in [-0.4, -0.2) is 308 Å². The van der Waals surface area contributed by atoms with Crippen molar-refractivity contribution in [3.05, 3.63) is 144 Å². The Bertz CT molecular complexity index is 4250. The van der Waals surface area contributed by atoms with Crippen LogP contribution in [-0.2, 0) is 114 Å². The van der Waals surface area contributed by atoms with Crippen molar-refractivity contribution in [2.75, 3.05) is 112 Å². The number of rotatable bonds is 66. The Morgan fingerprint density at radius 3 is 0.848 bits per heavy atom. The normalized spacial score (nSPS) is 27.8. The zero-order valence-electron chi connectivity index (χ0n) is 85.1. The maximum Gasteiger partial charge on any atom is 0.407 e. The van der Waals surface area contributed by atoms with Crippen LogP contribution in [0, 0.1) is 11.8 Å². The molecule has 0 aromatic heterocycles. The number of aliphatic hydroxyl groups excluding tert-OH is 1. The maximum atomic E-state index is 18.2. The van der Waals surface area contributed by atoms with Crippen LogP contribution in [0.4, 0.5) is 14.0 Å². The molecule has 26 atom stereocenters. The number of amides is 2. The van der Waals surface area contributed by atoms with E-state index in [0.29, 0.717) is 116 Å². The highest BCUT2D eigenvalue weighted by atomic mass is 35.6. The zero-order chi connectivity index (χ0) is 104. The van der Waals surface area contributed by atoms with Crippen LogP contribution < -0.4 is 10.6 Å². The standard InChI is InChI=1S/C105H153Cl6FN2O31/c1-11-21-51-122-61-72-80(142-98-78(113-102(120)132-66-104(106,107)108)87(130-59-29-19-9)84(75(134-98)64-125-54-24-14-4)144-100-91(140-96(118)70-47-39-33-40-48-70)89(138-94(116)68-43-35-31-36-44-68)82(127-56-26-16-6)73(136-100)62-123-52-22-12-2)77(93(112)115)86(129-58-28-18-8)81(72)143-99-79(114-103(121)133-67-105(109,110)111)88(131-60-30-20-10)85(76(135-99)65-126-55-25-15-5)145-101-92(141-97(119)71-49-41-34-42-50-71)90(139-95(117)69-45-37-32-38-46-69)83(128-57-27-17-7)74(137-101)63-124-53-23-13-3/h31-50,72-93,98-101,115H,11-30,51-67H2,1-10H3,(H,113,120)(H,114,121)/t72?,73?,74?,75?,76?,77-,78+,79+,80?,81-,82+,83+,84-,85-,86?,87?,88?,89?,90?,91+,92+,93+,98+,99+,100+,101+/m1/s1. The van der Waals surface area contributed by atoms with E-state index >= 15 is 23.6 Å². The summed E-state index contributed by atoms with van der Waals surface area (Å²) in [5.41, 5.74) is 0.475. The second kappa shape index (κ2) is 66.9. The molecule has 818 valence electrons. The number of halogens is 7. The van der Waals surface area contributed by atoms with Gasteiger partial charge in [-0.2, -0.15) is 0 Å². The molecule has 11 unspecified atom stereocenters. The topological polar surface area (TPSA) is 368 Å². The second-order valence-corrected chi connectivity index (χ2v) is 41.5. The third-order valence-corrected chi connectivity index (χ3v) is 25.5. The molecule has 2 amide bonds. The van der Waals surface area contributed by atoms with Gasteiger partial charge in [-0.05, 0) is 113 Å². The van der Waals surface area contributed by atoms with E-state index in [9.17, 15) is 14.7 Å². The highest BCUT2D eigenvalue weighted by Gasteiger charge is 2.64. The van der Waals surface area contributed by atoms with Gasteiger partial charge in [-0.3, -0.25) is 0 Å². The van der Waals surface area contributed by atoms with Crippen molar-refractivity contribution in [1.82, 2.24) is 10.6 Å². The molecule has 4 aromatic carbocycles. The summed E-state index contributed by atoms with van der Waals surface area (Å²) in [6.45, 7) is 17.4. The summed E-state index contributed by atoms with van der Waals surface area (Å²) in [7, 11) is 0. The van der Waals surface area contributed by atoms with Gasteiger partial charge in [-0.25, -0.2) is 33.2 Å². The van der Waals surface area contributed by atoms with Crippen LogP contribution in [0.2, 0.25) is 0 Å². The fourth-order valence-corrected chi connectivity index (χ4v) is 17.4. The van der Waals surface area contributed by atoms with Gasteiger partial charge in [-0.1, -0.05) is 276 Å². The van der Waals surface area contributed by atoms with Crippen LogP contribution in [0.15, 0.2) is 121 Å². The van der Waals surface area contributed by atoms with E-state index in [1.807, 2.05) is 69.2 Å². The Labute approximate surface area is 883 Å². The van der Waals surface area contributed by atoms with Crippen LogP contribution in [0.25, 0.3) is 0 Å².